The van der Waals surface area contributed by atoms with Crippen molar-refractivity contribution in [1.82, 2.24) is 0 Å². The molecule has 2 rings (SSSR count). The van der Waals surface area contributed by atoms with Gasteiger partial charge in [-0.05, 0) is 11.1 Å². The van der Waals surface area contributed by atoms with Gasteiger partial charge < -0.3 is 4.74 Å². The zero-order valence-electron chi connectivity index (χ0n) is 17.0. The molecule has 2 nitrogen and oxygen atoms in total. The van der Waals surface area contributed by atoms with E-state index in [1.54, 1.807) is 0 Å². The Morgan fingerprint density at radius 3 is 1.69 bits per heavy atom. The number of ether oxygens (including phenoxy) is 1. The van der Waals surface area contributed by atoms with Crippen LogP contribution in [0.2, 0.25) is 37.3 Å². The molecule has 0 aliphatic carbocycles. The van der Waals surface area contributed by atoms with Crippen LogP contribution in [0.4, 0.5) is 0 Å². The molecule has 26 heavy (non-hydrogen) atoms. The highest BCUT2D eigenvalue weighted by Gasteiger charge is 2.45. The lowest BCUT2D eigenvalue weighted by molar-refractivity contribution is -0.140. The Hall–Kier alpha value is -1.66. The molecule has 0 aliphatic rings. The van der Waals surface area contributed by atoms with E-state index in [0.717, 1.165) is 0 Å². The molecule has 2 aromatic rings. The molecule has 0 amide bonds. The van der Waals surface area contributed by atoms with E-state index in [1.807, 2.05) is 0 Å². The highest BCUT2D eigenvalue weighted by molar-refractivity contribution is 6.96. The van der Waals surface area contributed by atoms with Crippen LogP contribution < -0.4 is 10.4 Å². The number of hydrogen-bond acceptors (Lipinski definition) is 2. The van der Waals surface area contributed by atoms with Crippen molar-refractivity contribution in [3.05, 3.63) is 60.7 Å². The van der Waals surface area contributed by atoms with Gasteiger partial charge in [0.2, 0.25) is 0 Å². The number of rotatable bonds is 7. The van der Waals surface area contributed by atoms with Crippen LogP contribution in [-0.2, 0) is 9.53 Å². The molecule has 2 aromatic carbocycles. The molecule has 0 N–H and O–H groups in total. The van der Waals surface area contributed by atoms with Crippen molar-refractivity contribution in [1.29, 1.82) is 0 Å². The van der Waals surface area contributed by atoms with Gasteiger partial charge in [0.05, 0.1) is 23.3 Å². The van der Waals surface area contributed by atoms with Gasteiger partial charge in [0.25, 0.3) is 0 Å². The van der Waals surface area contributed by atoms with Crippen molar-refractivity contribution in [2.45, 2.75) is 50.6 Å². The Kier molecular flexibility index (Phi) is 6.64. The molecular weight excluding hydrogens is 352 g/mol. The quantitative estimate of drug-likeness (QED) is 0.517. The van der Waals surface area contributed by atoms with Crippen molar-refractivity contribution in [2.75, 3.05) is 7.11 Å². The van der Waals surface area contributed by atoms with E-state index in [9.17, 15) is 4.79 Å². The number of benzene rings is 2. The topological polar surface area (TPSA) is 26.3 Å². The maximum absolute atomic E-state index is 12.3. The molecule has 140 valence electrons. The molecule has 0 aliphatic heterocycles. The van der Waals surface area contributed by atoms with E-state index in [0.29, 0.717) is 17.5 Å². The lowest BCUT2D eigenvalue weighted by Gasteiger charge is -2.43. The average molecular weight is 385 g/mol. The molecule has 4 heteroatoms. The predicted octanol–water partition coefficient (Wildman–Crippen LogP) is 4.54. The summed E-state index contributed by atoms with van der Waals surface area (Å²) >= 11 is 0. The SMILES string of the molecule is COC(=O)C[C@H]([C@@H](C)[Si](C)(C)c1ccccc1)[Si](C)(C)c1ccccc1. The Bertz CT molecular complexity index is 711. The van der Waals surface area contributed by atoms with E-state index in [-0.39, 0.29) is 5.97 Å². The smallest absolute Gasteiger partial charge is 0.305 e. The fraction of sp³-hybridized carbons (Fsp3) is 0.409. The number of methoxy groups -OCH3 is 1. The third-order valence-electron chi connectivity index (χ3n) is 6.32. The molecule has 0 spiro atoms. The first kappa shape index (κ1) is 20.7. The summed E-state index contributed by atoms with van der Waals surface area (Å²) in [5, 5.41) is 2.87. The minimum Gasteiger partial charge on any atom is -0.469 e. The van der Waals surface area contributed by atoms with Crippen molar-refractivity contribution in [3.63, 3.8) is 0 Å². The Morgan fingerprint density at radius 2 is 1.27 bits per heavy atom. The predicted molar refractivity (Wildman–Crippen MR) is 117 cm³/mol. The number of carbonyl (C=O) groups excluding carboxylic acids is 1. The Morgan fingerprint density at radius 1 is 0.846 bits per heavy atom. The van der Waals surface area contributed by atoms with Crippen LogP contribution in [0.3, 0.4) is 0 Å². The molecule has 2 atom stereocenters. The summed E-state index contributed by atoms with van der Waals surface area (Å²) in [6.45, 7) is 12.0. The molecule has 0 radical (unpaired) electrons. The average Bonchev–Trinajstić information content (AvgIpc) is 2.66. The van der Waals surface area contributed by atoms with Crippen molar-refractivity contribution >= 4 is 32.5 Å². The summed E-state index contributed by atoms with van der Waals surface area (Å²) in [6, 6.07) is 21.6. The minimum absolute atomic E-state index is 0.0868. The van der Waals surface area contributed by atoms with Gasteiger partial charge in [-0.3, -0.25) is 4.79 Å². The van der Waals surface area contributed by atoms with Gasteiger partial charge >= 0.3 is 5.97 Å². The lowest BCUT2D eigenvalue weighted by Crippen LogP contribution is -2.55. The minimum atomic E-state index is -1.86. The van der Waals surface area contributed by atoms with Gasteiger partial charge in [-0.25, -0.2) is 0 Å². The first-order valence-electron chi connectivity index (χ1n) is 9.39. The number of esters is 1. The van der Waals surface area contributed by atoms with Crippen LogP contribution in [-0.4, -0.2) is 29.2 Å². The van der Waals surface area contributed by atoms with Gasteiger partial charge in [0.1, 0.15) is 0 Å². The third kappa shape index (κ3) is 4.36. The molecular formula is C22H32O2Si2. The molecule has 0 fully saturated rings. The first-order chi connectivity index (χ1) is 12.2. The second-order valence-electron chi connectivity index (χ2n) is 8.35. The van der Waals surface area contributed by atoms with Crippen LogP contribution >= 0.6 is 0 Å². The highest BCUT2D eigenvalue weighted by atomic mass is 28.3. The lowest BCUT2D eigenvalue weighted by atomic mass is 10.2. The van der Waals surface area contributed by atoms with Gasteiger partial charge in [-0.1, -0.05) is 104 Å². The van der Waals surface area contributed by atoms with Crippen molar-refractivity contribution in [2.24, 2.45) is 0 Å². The molecule has 0 saturated heterocycles. The zero-order chi connectivity index (χ0) is 19.4. The summed E-state index contributed by atoms with van der Waals surface area (Å²) in [5.74, 6) is -0.0868. The summed E-state index contributed by atoms with van der Waals surface area (Å²) in [6.07, 6.45) is 0.509. The third-order valence-corrected chi connectivity index (χ3v) is 15.5. The molecule has 0 aromatic heterocycles. The van der Waals surface area contributed by atoms with Crippen molar-refractivity contribution in [3.8, 4) is 0 Å². The maximum Gasteiger partial charge on any atom is 0.305 e. The fourth-order valence-corrected chi connectivity index (χ4v) is 12.6. The number of hydrogen-bond donors (Lipinski definition) is 0. The maximum atomic E-state index is 12.3. The number of carbonyl (C=O) groups is 1. The highest BCUT2D eigenvalue weighted by Crippen LogP contribution is 2.42. The van der Waals surface area contributed by atoms with E-state index in [4.69, 9.17) is 4.74 Å². The van der Waals surface area contributed by atoms with Crippen LogP contribution in [0, 0.1) is 0 Å². The van der Waals surface area contributed by atoms with Crippen molar-refractivity contribution < 1.29 is 9.53 Å². The second-order valence-corrected chi connectivity index (χ2v) is 18.0. The van der Waals surface area contributed by atoms with Gasteiger partial charge in [-0.15, -0.1) is 0 Å². The fourth-order valence-electron chi connectivity index (χ4n) is 4.04. The van der Waals surface area contributed by atoms with Crippen LogP contribution in [0.15, 0.2) is 60.7 Å². The zero-order valence-corrected chi connectivity index (χ0v) is 19.0. The van der Waals surface area contributed by atoms with Crippen LogP contribution in [0.5, 0.6) is 0 Å². The monoisotopic (exact) mass is 384 g/mol. The Labute approximate surface area is 160 Å². The molecule has 0 heterocycles. The summed E-state index contributed by atoms with van der Waals surface area (Å²) in [5.41, 5.74) is 0.824. The van der Waals surface area contributed by atoms with Crippen LogP contribution in [0.25, 0.3) is 0 Å². The molecule has 0 unspecified atom stereocenters. The summed E-state index contributed by atoms with van der Waals surface area (Å²) < 4.78 is 5.08. The van der Waals surface area contributed by atoms with Gasteiger partial charge in [0, 0.05) is 6.42 Å². The van der Waals surface area contributed by atoms with E-state index >= 15 is 0 Å². The van der Waals surface area contributed by atoms with Crippen LogP contribution in [0.1, 0.15) is 13.3 Å². The largest absolute Gasteiger partial charge is 0.469 e. The summed E-state index contributed by atoms with van der Waals surface area (Å²) in [7, 11) is -2.10. The summed E-state index contributed by atoms with van der Waals surface area (Å²) in [4.78, 5) is 12.3. The first-order valence-corrected chi connectivity index (χ1v) is 15.5. The Balaban J connectivity index is 2.45. The normalized spacial score (nSPS) is 14.5. The van der Waals surface area contributed by atoms with E-state index in [1.165, 1.54) is 17.5 Å². The molecule has 0 bridgehead atoms. The van der Waals surface area contributed by atoms with Gasteiger partial charge in [-0.2, -0.15) is 0 Å². The second kappa shape index (κ2) is 8.36. The molecule has 0 saturated carbocycles. The standard InChI is InChI=1S/C22H32O2Si2/c1-18(25(3,4)19-13-9-7-10-14-19)21(17-22(23)24-2)26(5,6)20-15-11-8-12-16-20/h7-16,18,21H,17H2,1-6H3/t18-,21-/m1/s1. The van der Waals surface area contributed by atoms with E-state index in [2.05, 4.69) is 93.8 Å². The van der Waals surface area contributed by atoms with E-state index < -0.39 is 16.1 Å². The van der Waals surface area contributed by atoms with Gasteiger partial charge in [0.15, 0.2) is 0 Å².